The lowest BCUT2D eigenvalue weighted by Gasteiger charge is -2.46. The van der Waals surface area contributed by atoms with Gasteiger partial charge in [-0.25, -0.2) is 15.0 Å². The zero-order valence-corrected chi connectivity index (χ0v) is 13.3. The molecule has 5 rings (SSSR count). The van der Waals surface area contributed by atoms with Crippen LogP contribution < -0.4 is 0 Å². The van der Waals surface area contributed by atoms with Gasteiger partial charge in [0.15, 0.2) is 17.9 Å². The fourth-order valence-corrected chi connectivity index (χ4v) is 3.37. The van der Waals surface area contributed by atoms with E-state index in [1.165, 1.54) is 12.7 Å². The number of likely N-dealkylation sites (tertiary alicyclic amines) is 1. The third-order valence-corrected chi connectivity index (χ3v) is 4.71. The molecule has 1 amide bonds. The molecule has 1 saturated heterocycles. The number of carbonyl (C=O) groups is 1. The first-order chi connectivity index (χ1) is 12.3. The molecule has 7 nitrogen and oxygen atoms in total. The molecule has 0 saturated carbocycles. The van der Waals surface area contributed by atoms with Crippen LogP contribution in [0.4, 0.5) is 0 Å². The van der Waals surface area contributed by atoms with Crippen LogP contribution in [0.5, 0.6) is 0 Å². The summed E-state index contributed by atoms with van der Waals surface area (Å²) in [5.41, 5.74) is 2.65. The largest absolute Gasteiger partial charge is 0.451 e. The van der Waals surface area contributed by atoms with E-state index in [2.05, 4.69) is 15.0 Å². The number of fused-ring (bicyclic) bond motifs is 2. The van der Waals surface area contributed by atoms with Crippen LogP contribution in [0.2, 0.25) is 0 Å². The van der Waals surface area contributed by atoms with Crippen molar-refractivity contribution in [2.45, 2.75) is 12.2 Å². The zero-order chi connectivity index (χ0) is 16.9. The van der Waals surface area contributed by atoms with Crippen molar-refractivity contribution < 1.29 is 13.9 Å². The summed E-state index contributed by atoms with van der Waals surface area (Å²) in [6.07, 6.45) is 4.44. The first kappa shape index (κ1) is 14.3. The maximum Gasteiger partial charge on any atom is 0.276 e. The molecule has 0 N–H and O–H groups in total. The fourth-order valence-electron chi connectivity index (χ4n) is 3.37. The lowest BCUT2D eigenvalue weighted by Crippen LogP contribution is -2.61. The number of ether oxygens (including phenoxy) is 1. The Hall–Kier alpha value is -3.06. The summed E-state index contributed by atoms with van der Waals surface area (Å²) in [6, 6.07) is 9.85. The van der Waals surface area contributed by atoms with Gasteiger partial charge in [-0.05, 0) is 0 Å². The van der Waals surface area contributed by atoms with Crippen molar-refractivity contribution in [1.29, 1.82) is 0 Å². The van der Waals surface area contributed by atoms with Gasteiger partial charge in [0.1, 0.15) is 11.9 Å². The van der Waals surface area contributed by atoms with Gasteiger partial charge < -0.3 is 14.1 Å². The van der Waals surface area contributed by atoms with Gasteiger partial charge in [-0.2, -0.15) is 0 Å². The van der Waals surface area contributed by atoms with Gasteiger partial charge in [0, 0.05) is 17.3 Å². The van der Waals surface area contributed by atoms with E-state index in [1.54, 1.807) is 4.90 Å². The number of hydrogen-bond donors (Lipinski definition) is 0. The second-order valence-electron chi connectivity index (χ2n) is 6.24. The summed E-state index contributed by atoms with van der Waals surface area (Å²) in [5, 5.41) is 0. The quantitative estimate of drug-likeness (QED) is 0.713. The average molecular weight is 334 g/mol. The number of amides is 1. The molecular formula is C18H14N4O3. The normalized spacial score (nSPS) is 17.4. The van der Waals surface area contributed by atoms with Crippen molar-refractivity contribution in [3.8, 4) is 11.4 Å². The second kappa shape index (κ2) is 5.22. The number of carbonyl (C=O) groups excluding carboxylic acids is 1. The second-order valence-corrected chi connectivity index (χ2v) is 6.24. The molecule has 1 aromatic carbocycles. The number of nitrogens with zero attached hydrogens (tertiary/aromatic N) is 4. The lowest BCUT2D eigenvalue weighted by atomic mass is 9.87. The van der Waals surface area contributed by atoms with Gasteiger partial charge in [0.05, 0.1) is 25.4 Å². The van der Waals surface area contributed by atoms with Crippen LogP contribution in [0.3, 0.4) is 0 Å². The molecule has 4 heterocycles. The Kier molecular flexibility index (Phi) is 2.98. The third kappa shape index (κ3) is 2.16. The standard InChI is InChI=1S/C18H14N4O3/c23-17(15-7-24-11-20-15)22-9-18(10-22)13-6-19-16(21-14(13)8-25-18)12-4-2-1-3-5-12/h1-7,11H,8-10H2. The SMILES string of the molecule is O=C(c1cocn1)N1CC2(C1)OCc1nc(-c3ccccc3)ncc12. The number of rotatable bonds is 2. The Bertz CT molecular complexity index is 934. The monoisotopic (exact) mass is 334 g/mol. The molecule has 2 aliphatic heterocycles. The first-order valence-electron chi connectivity index (χ1n) is 7.98. The van der Waals surface area contributed by atoms with E-state index in [0.29, 0.717) is 31.2 Å². The molecule has 0 aliphatic carbocycles. The van der Waals surface area contributed by atoms with E-state index in [-0.39, 0.29) is 5.91 Å². The average Bonchev–Trinajstić information content (AvgIpc) is 3.28. The van der Waals surface area contributed by atoms with Crippen LogP contribution in [-0.2, 0) is 16.9 Å². The minimum absolute atomic E-state index is 0.154. The summed E-state index contributed by atoms with van der Waals surface area (Å²) in [7, 11) is 0. The highest BCUT2D eigenvalue weighted by molar-refractivity contribution is 5.92. The van der Waals surface area contributed by atoms with Crippen LogP contribution >= 0.6 is 0 Å². The maximum atomic E-state index is 12.3. The minimum Gasteiger partial charge on any atom is -0.451 e. The molecule has 2 aromatic heterocycles. The van der Waals surface area contributed by atoms with Gasteiger partial charge in [-0.15, -0.1) is 0 Å². The van der Waals surface area contributed by atoms with E-state index in [0.717, 1.165) is 16.8 Å². The molecule has 7 heteroatoms. The van der Waals surface area contributed by atoms with E-state index >= 15 is 0 Å². The molecule has 124 valence electrons. The highest BCUT2D eigenvalue weighted by Gasteiger charge is 2.53. The van der Waals surface area contributed by atoms with Crippen molar-refractivity contribution in [1.82, 2.24) is 19.9 Å². The Morgan fingerprint density at radius 1 is 1.16 bits per heavy atom. The van der Waals surface area contributed by atoms with E-state index in [9.17, 15) is 4.79 Å². The molecule has 1 spiro atoms. The summed E-state index contributed by atoms with van der Waals surface area (Å²) in [6.45, 7) is 1.38. The summed E-state index contributed by atoms with van der Waals surface area (Å²) >= 11 is 0. The molecule has 0 atom stereocenters. The molecule has 0 radical (unpaired) electrons. The number of hydrogen-bond acceptors (Lipinski definition) is 6. The third-order valence-electron chi connectivity index (χ3n) is 4.71. The fraction of sp³-hybridized carbons (Fsp3) is 0.222. The van der Waals surface area contributed by atoms with Gasteiger partial charge in [0.25, 0.3) is 5.91 Å². The van der Waals surface area contributed by atoms with Crippen molar-refractivity contribution in [2.24, 2.45) is 0 Å². The summed E-state index contributed by atoms with van der Waals surface area (Å²) < 4.78 is 10.9. The lowest BCUT2D eigenvalue weighted by molar-refractivity contribution is -0.126. The predicted octanol–water partition coefficient (Wildman–Crippen LogP) is 2.01. The van der Waals surface area contributed by atoms with Crippen molar-refractivity contribution in [2.75, 3.05) is 13.1 Å². The highest BCUT2D eigenvalue weighted by atomic mass is 16.5. The number of oxazole rings is 1. The Morgan fingerprint density at radius 2 is 2.00 bits per heavy atom. The number of benzene rings is 1. The molecule has 0 unspecified atom stereocenters. The van der Waals surface area contributed by atoms with E-state index < -0.39 is 5.60 Å². The predicted molar refractivity (Wildman–Crippen MR) is 86.3 cm³/mol. The topological polar surface area (TPSA) is 81.4 Å². The van der Waals surface area contributed by atoms with Crippen LogP contribution in [0, 0.1) is 0 Å². The van der Waals surface area contributed by atoms with Gasteiger partial charge in [0.2, 0.25) is 0 Å². The van der Waals surface area contributed by atoms with E-state index in [4.69, 9.17) is 9.15 Å². The van der Waals surface area contributed by atoms with Crippen molar-refractivity contribution >= 4 is 5.91 Å². The highest BCUT2D eigenvalue weighted by Crippen LogP contribution is 2.43. The molecule has 25 heavy (non-hydrogen) atoms. The van der Waals surface area contributed by atoms with Gasteiger partial charge in [-0.3, -0.25) is 4.79 Å². The van der Waals surface area contributed by atoms with Crippen LogP contribution in [0.25, 0.3) is 11.4 Å². The van der Waals surface area contributed by atoms with Crippen molar-refractivity contribution in [3.63, 3.8) is 0 Å². The van der Waals surface area contributed by atoms with Gasteiger partial charge >= 0.3 is 0 Å². The summed E-state index contributed by atoms with van der Waals surface area (Å²) in [5.74, 6) is 0.535. The maximum absolute atomic E-state index is 12.3. The van der Waals surface area contributed by atoms with Gasteiger partial charge in [-0.1, -0.05) is 30.3 Å². The zero-order valence-electron chi connectivity index (χ0n) is 13.3. The number of aromatic nitrogens is 3. The molecule has 0 bridgehead atoms. The van der Waals surface area contributed by atoms with Crippen LogP contribution in [-0.4, -0.2) is 38.8 Å². The molecule has 1 fully saturated rings. The summed E-state index contributed by atoms with van der Waals surface area (Å²) in [4.78, 5) is 27.0. The van der Waals surface area contributed by atoms with Crippen LogP contribution in [0.1, 0.15) is 21.7 Å². The molecular weight excluding hydrogens is 320 g/mol. The van der Waals surface area contributed by atoms with E-state index in [1.807, 2.05) is 36.5 Å². The Balaban J connectivity index is 1.39. The van der Waals surface area contributed by atoms with Crippen molar-refractivity contribution in [3.05, 3.63) is 66.1 Å². The Morgan fingerprint density at radius 3 is 2.76 bits per heavy atom. The minimum atomic E-state index is -0.496. The molecule has 3 aromatic rings. The Labute approximate surface area is 143 Å². The smallest absolute Gasteiger partial charge is 0.276 e. The van der Waals surface area contributed by atoms with Crippen LogP contribution in [0.15, 0.2) is 53.6 Å². The molecule has 2 aliphatic rings. The first-order valence-corrected chi connectivity index (χ1v) is 7.98.